The van der Waals surface area contributed by atoms with Gasteiger partial charge in [-0.1, -0.05) is 159 Å². The lowest BCUT2D eigenvalue weighted by atomic mass is 10.1. The first-order chi connectivity index (χ1) is 25.9. The van der Waals surface area contributed by atoms with E-state index in [9.17, 15) is 14.3 Å². The van der Waals surface area contributed by atoms with Crippen LogP contribution in [0.15, 0.2) is 48.6 Å². The highest BCUT2D eigenvalue weighted by Crippen LogP contribution is 2.43. The molecule has 0 aliphatic heterocycles. The number of hydrogen-bond donors (Lipinski definition) is 2. The molecule has 0 saturated heterocycles. The quantitative estimate of drug-likeness (QED) is 0.0273. The third-order valence-corrected chi connectivity index (χ3v) is 9.96. The zero-order valence-electron chi connectivity index (χ0n) is 34.2. The van der Waals surface area contributed by atoms with Crippen LogP contribution in [0, 0.1) is 0 Å². The van der Waals surface area contributed by atoms with Gasteiger partial charge in [0.05, 0.1) is 19.8 Å². The molecule has 0 aliphatic rings. The van der Waals surface area contributed by atoms with E-state index in [-0.39, 0.29) is 32.3 Å². The Morgan fingerprint density at radius 2 is 1.06 bits per heavy atom. The van der Waals surface area contributed by atoms with Crippen LogP contribution in [0.25, 0.3) is 0 Å². The molecule has 0 aromatic heterocycles. The summed E-state index contributed by atoms with van der Waals surface area (Å²) in [6.45, 7) is 4.78. The Hall–Kier alpha value is -1.54. The van der Waals surface area contributed by atoms with Crippen LogP contribution in [0.1, 0.15) is 187 Å². The van der Waals surface area contributed by atoms with Crippen LogP contribution < -0.4 is 5.73 Å². The number of nitrogens with two attached hydrogens (primary N) is 1. The minimum atomic E-state index is -4.28. The Balaban J connectivity index is 4.05. The lowest BCUT2D eigenvalue weighted by Crippen LogP contribution is -2.28. The van der Waals surface area contributed by atoms with Crippen molar-refractivity contribution >= 4 is 13.8 Å². The van der Waals surface area contributed by atoms with Crippen LogP contribution in [0.2, 0.25) is 0 Å². The summed E-state index contributed by atoms with van der Waals surface area (Å²) < 4.78 is 33.4. The van der Waals surface area contributed by atoms with E-state index in [0.717, 1.165) is 64.2 Å². The molecule has 8 nitrogen and oxygen atoms in total. The number of phosphoric acid groups is 1. The SMILES string of the molecule is CC/C=C\C/C=C\C/C=C\CCCCCCCCOCC(COP(=O)(O)OCCN)OC(=O)CCCCCCCCC/C=C\CCCCCCCCC. The van der Waals surface area contributed by atoms with Crippen molar-refractivity contribution in [2.45, 2.75) is 193 Å². The Bertz CT molecular complexity index is 952. The minimum absolute atomic E-state index is 0.0959. The fraction of sp³-hybridized carbons (Fsp3) is 0.795. The van der Waals surface area contributed by atoms with Gasteiger partial charge < -0.3 is 20.1 Å². The lowest BCUT2D eigenvalue weighted by Gasteiger charge is -2.20. The molecule has 310 valence electrons. The Kier molecular flexibility index (Phi) is 40.4. The first kappa shape index (κ1) is 51.5. The first-order valence-electron chi connectivity index (χ1n) is 21.6. The summed E-state index contributed by atoms with van der Waals surface area (Å²) in [5.74, 6) is -0.340. The molecule has 0 saturated carbocycles. The van der Waals surface area contributed by atoms with Gasteiger partial charge in [0, 0.05) is 19.6 Å². The van der Waals surface area contributed by atoms with E-state index in [2.05, 4.69) is 62.5 Å². The van der Waals surface area contributed by atoms with E-state index < -0.39 is 13.9 Å². The first-order valence-corrected chi connectivity index (χ1v) is 23.1. The molecule has 0 radical (unpaired) electrons. The number of ether oxygens (including phenoxy) is 2. The summed E-state index contributed by atoms with van der Waals surface area (Å²) in [5.41, 5.74) is 5.37. The van der Waals surface area contributed by atoms with Crippen molar-refractivity contribution in [1.29, 1.82) is 0 Å². The fourth-order valence-corrected chi connectivity index (χ4v) is 6.59. The standard InChI is InChI=1S/C44H82NO7P/c1-3-5-7-9-11-13-15-17-19-21-22-23-25-27-29-31-33-35-37-44(46)52-43(42-51-53(47,48)50-40-38-45)41-49-39-36-34-32-30-28-26-24-20-18-16-14-12-10-8-6-4-2/h6,8,12,14,18-21,43H,3-5,7,9-11,13,15-17,22-42,45H2,1-2H3,(H,47,48)/b8-6-,14-12-,20-18-,21-19-. The normalized spacial score (nSPS) is 14.0. The molecule has 0 spiro atoms. The molecule has 0 aromatic rings. The Morgan fingerprint density at radius 1 is 0.585 bits per heavy atom. The van der Waals surface area contributed by atoms with E-state index in [0.29, 0.717) is 13.0 Å². The maximum Gasteiger partial charge on any atom is 0.472 e. The van der Waals surface area contributed by atoms with Gasteiger partial charge in [-0.3, -0.25) is 13.8 Å². The van der Waals surface area contributed by atoms with Gasteiger partial charge in [0.2, 0.25) is 0 Å². The zero-order valence-corrected chi connectivity index (χ0v) is 35.1. The molecule has 3 N–H and O–H groups in total. The molecule has 9 heteroatoms. The molecule has 53 heavy (non-hydrogen) atoms. The average molecular weight is 768 g/mol. The maximum absolute atomic E-state index is 12.6. The number of unbranched alkanes of at least 4 members (excludes halogenated alkanes) is 20. The van der Waals surface area contributed by atoms with Gasteiger partial charge in [0.15, 0.2) is 0 Å². The topological polar surface area (TPSA) is 117 Å². The molecule has 0 aliphatic carbocycles. The van der Waals surface area contributed by atoms with Gasteiger partial charge in [-0.15, -0.1) is 0 Å². The number of hydrogen-bond acceptors (Lipinski definition) is 7. The van der Waals surface area contributed by atoms with Crippen molar-refractivity contribution in [2.75, 3.05) is 33.0 Å². The van der Waals surface area contributed by atoms with Crippen LogP contribution in [0.5, 0.6) is 0 Å². The van der Waals surface area contributed by atoms with Crippen LogP contribution in [0.3, 0.4) is 0 Å². The number of rotatable bonds is 41. The fourth-order valence-electron chi connectivity index (χ4n) is 5.83. The van der Waals surface area contributed by atoms with Crippen LogP contribution in [-0.2, 0) is 27.9 Å². The van der Waals surface area contributed by atoms with E-state index in [1.54, 1.807) is 0 Å². The predicted octanol–water partition coefficient (Wildman–Crippen LogP) is 12.8. The molecule has 0 rings (SSSR count). The summed E-state index contributed by atoms with van der Waals surface area (Å²) in [4.78, 5) is 22.5. The highest BCUT2D eigenvalue weighted by Gasteiger charge is 2.25. The van der Waals surface area contributed by atoms with Gasteiger partial charge in [-0.2, -0.15) is 0 Å². The van der Waals surface area contributed by atoms with Crippen molar-refractivity contribution in [1.82, 2.24) is 0 Å². The molecule has 0 fully saturated rings. The number of phosphoric ester groups is 1. The summed E-state index contributed by atoms with van der Waals surface area (Å²) in [7, 11) is -4.28. The molecular formula is C44H82NO7P. The number of allylic oxidation sites excluding steroid dienone is 8. The third-order valence-electron chi connectivity index (χ3n) is 8.98. The van der Waals surface area contributed by atoms with Crippen molar-refractivity contribution < 1.29 is 32.8 Å². The average Bonchev–Trinajstić information content (AvgIpc) is 3.15. The second kappa shape index (κ2) is 41.6. The van der Waals surface area contributed by atoms with Gasteiger partial charge in [0.1, 0.15) is 6.10 Å². The second-order valence-electron chi connectivity index (χ2n) is 14.2. The van der Waals surface area contributed by atoms with Crippen LogP contribution in [-0.4, -0.2) is 49.9 Å². The Labute approximate surface area is 326 Å². The number of esters is 1. The highest BCUT2D eigenvalue weighted by atomic mass is 31.2. The van der Waals surface area contributed by atoms with Gasteiger partial charge in [-0.05, 0) is 70.6 Å². The third kappa shape index (κ3) is 41.5. The smallest absolute Gasteiger partial charge is 0.457 e. The van der Waals surface area contributed by atoms with Crippen LogP contribution in [0.4, 0.5) is 0 Å². The maximum atomic E-state index is 12.6. The highest BCUT2D eigenvalue weighted by molar-refractivity contribution is 7.47. The second-order valence-corrected chi connectivity index (χ2v) is 15.6. The molecule has 0 heterocycles. The predicted molar refractivity (Wildman–Crippen MR) is 224 cm³/mol. The van der Waals surface area contributed by atoms with E-state index in [1.165, 1.54) is 103 Å². The summed E-state index contributed by atoms with van der Waals surface area (Å²) in [5, 5.41) is 0. The van der Waals surface area contributed by atoms with Crippen molar-refractivity contribution in [2.24, 2.45) is 5.73 Å². The summed E-state index contributed by atoms with van der Waals surface area (Å²) in [6, 6.07) is 0. The molecule has 0 aromatic carbocycles. The molecule has 0 amide bonds. The molecular weight excluding hydrogens is 685 g/mol. The monoisotopic (exact) mass is 768 g/mol. The van der Waals surface area contributed by atoms with Crippen LogP contribution >= 0.6 is 7.82 Å². The lowest BCUT2D eigenvalue weighted by molar-refractivity contribution is -0.154. The van der Waals surface area contributed by atoms with E-state index in [1.807, 2.05) is 0 Å². The zero-order chi connectivity index (χ0) is 38.8. The van der Waals surface area contributed by atoms with Crippen molar-refractivity contribution in [3.8, 4) is 0 Å². The molecule has 2 unspecified atom stereocenters. The van der Waals surface area contributed by atoms with Gasteiger partial charge in [-0.25, -0.2) is 4.57 Å². The largest absolute Gasteiger partial charge is 0.472 e. The van der Waals surface area contributed by atoms with Gasteiger partial charge >= 0.3 is 13.8 Å². The summed E-state index contributed by atoms with van der Waals surface area (Å²) in [6.07, 6.45) is 48.4. The Morgan fingerprint density at radius 3 is 1.60 bits per heavy atom. The van der Waals surface area contributed by atoms with Crippen molar-refractivity contribution in [3.05, 3.63) is 48.6 Å². The number of carbonyl (C=O) groups excluding carboxylic acids is 1. The van der Waals surface area contributed by atoms with E-state index in [4.69, 9.17) is 24.3 Å². The summed E-state index contributed by atoms with van der Waals surface area (Å²) >= 11 is 0. The minimum Gasteiger partial charge on any atom is -0.457 e. The number of carbonyl (C=O) groups is 1. The molecule has 2 atom stereocenters. The molecule has 0 bridgehead atoms. The van der Waals surface area contributed by atoms with Gasteiger partial charge in [0.25, 0.3) is 0 Å². The van der Waals surface area contributed by atoms with Crippen molar-refractivity contribution in [3.63, 3.8) is 0 Å². The van der Waals surface area contributed by atoms with E-state index >= 15 is 0 Å².